The number of benzene rings is 4. The molecule has 0 saturated carbocycles. The average molecular weight is 893 g/mol. The van der Waals surface area contributed by atoms with Crippen LogP contribution in [-0.4, -0.2) is 111 Å². The van der Waals surface area contributed by atoms with Crippen molar-refractivity contribution in [2.45, 2.75) is 25.7 Å². The number of aliphatic imine (C=N–C) groups is 2. The Bertz CT molecular complexity index is 2860. The van der Waals surface area contributed by atoms with Crippen molar-refractivity contribution in [2.75, 3.05) is 69.5 Å². The van der Waals surface area contributed by atoms with E-state index in [0.29, 0.717) is 0 Å². The molecule has 64 heavy (non-hydrogen) atoms. The van der Waals surface area contributed by atoms with Gasteiger partial charge in [-0.2, -0.15) is 0 Å². The summed E-state index contributed by atoms with van der Waals surface area (Å²) in [4.78, 5) is 39.2. The second-order valence-electron chi connectivity index (χ2n) is 16.8. The van der Waals surface area contributed by atoms with Crippen molar-refractivity contribution < 1.29 is 16.8 Å². The zero-order valence-corrected chi connectivity index (χ0v) is 39.5. The minimum Gasteiger partial charge on any atom is -0.657 e. The van der Waals surface area contributed by atoms with Crippen molar-refractivity contribution in [1.29, 1.82) is 0 Å². The van der Waals surface area contributed by atoms with Crippen LogP contribution in [0.1, 0.15) is 24.0 Å². The van der Waals surface area contributed by atoms with Crippen LogP contribution in [0.5, 0.6) is 0 Å². The molecule has 2 aliphatic rings. The Balaban J connectivity index is 0.00000306. The van der Waals surface area contributed by atoms with E-state index in [1.165, 1.54) is 11.1 Å². The van der Waals surface area contributed by atoms with E-state index < -0.39 is 0 Å². The van der Waals surface area contributed by atoms with Crippen LogP contribution < -0.4 is 9.97 Å². The Hall–Kier alpha value is -6.43. The molecule has 0 atom stereocenters. The molecule has 3 aromatic heterocycles. The van der Waals surface area contributed by atoms with Gasteiger partial charge in [-0.1, -0.05) is 84.9 Å². The van der Waals surface area contributed by atoms with Crippen LogP contribution in [0.3, 0.4) is 0 Å². The number of aryl methyl sites for hydroxylation is 2. The largest absolute Gasteiger partial charge is 0.657 e. The van der Waals surface area contributed by atoms with E-state index in [1.807, 2.05) is 42.3 Å². The fraction of sp³-hybridized carbons (Fsp3) is 0.264. The van der Waals surface area contributed by atoms with Gasteiger partial charge in [-0.3, -0.25) is 9.98 Å². The molecule has 9 rings (SSSR count). The molecule has 11 heteroatoms. The predicted octanol–water partition coefficient (Wildman–Crippen LogP) is 9.82. The van der Waals surface area contributed by atoms with Crippen LogP contribution in [-0.2, 0) is 29.6 Å². The maximum absolute atomic E-state index is 5.43. The van der Waals surface area contributed by atoms with Gasteiger partial charge in [0.25, 0.3) is 0 Å². The Morgan fingerprint density at radius 3 is 1.16 bits per heavy atom. The molecule has 0 fully saturated rings. The summed E-state index contributed by atoms with van der Waals surface area (Å²) < 4.78 is 0. The van der Waals surface area contributed by atoms with E-state index in [2.05, 4.69) is 153 Å². The van der Waals surface area contributed by atoms with E-state index in [0.717, 1.165) is 139 Å². The Kier molecular flexibility index (Phi) is 13.6. The minimum absolute atomic E-state index is 0. The molecule has 0 amide bonds. The van der Waals surface area contributed by atoms with Crippen molar-refractivity contribution in [3.8, 4) is 45.0 Å². The third-order valence-electron chi connectivity index (χ3n) is 12.1. The number of nitrogens with zero attached hydrogens (tertiary/aromatic N) is 10. The fourth-order valence-electron chi connectivity index (χ4n) is 9.53. The molecule has 0 aliphatic carbocycles. The third kappa shape index (κ3) is 8.49. The van der Waals surface area contributed by atoms with Gasteiger partial charge in [-0.05, 0) is 82.6 Å². The summed E-state index contributed by atoms with van der Waals surface area (Å²) in [6, 6.07) is 39.0. The molecule has 0 spiro atoms. The molecule has 1 radical (unpaired) electrons. The molecule has 4 aromatic carbocycles. The topological polar surface area (TPSA) is 91.7 Å². The third-order valence-corrected chi connectivity index (χ3v) is 12.1. The molecule has 0 unspecified atom stereocenters. The van der Waals surface area contributed by atoms with E-state index >= 15 is 0 Å². The van der Waals surface area contributed by atoms with Gasteiger partial charge in [0.05, 0.1) is 22.8 Å². The number of aromatic nitrogens is 4. The maximum Gasteiger partial charge on any atom is 0.195 e. The molecule has 10 nitrogen and oxygen atoms in total. The number of hydrogen-bond acceptors (Lipinski definition) is 4. The van der Waals surface area contributed by atoms with E-state index in [-0.39, 0.29) is 24.2 Å². The molecule has 8 bridgehead atoms. The zero-order valence-electron chi connectivity index (χ0n) is 38.4. The second-order valence-corrected chi connectivity index (χ2v) is 16.8. The molecule has 0 N–H and O–H groups in total. The van der Waals surface area contributed by atoms with Gasteiger partial charge in [0.1, 0.15) is 0 Å². The van der Waals surface area contributed by atoms with Crippen LogP contribution in [0.4, 0.5) is 0 Å². The minimum atomic E-state index is 0. The monoisotopic (exact) mass is 892 g/mol. The van der Waals surface area contributed by atoms with E-state index in [9.17, 15) is 0 Å². The van der Waals surface area contributed by atoms with Crippen molar-refractivity contribution >= 4 is 55.5 Å². The second kappa shape index (κ2) is 19.1. The van der Waals surface area contributed by atoms with Crippen molar-refractivity contribution in [1.82, 2.24) is 39.5 Å². The summed E-state index contributed by atoms with van der Waals surface area (Å²) in [5.41, 5.74) is 14.1. The van der Waals surface area contributed by atoms with Crippen molar-refractivity contribution in [3.63, 3.8) is 0 Å². The van der Waals surface area contributed by atoms with Crippen LogP contribution in [0.2, 0.25) is 0 Å². The van der Waals surface area contributed by atoms with Gasteiger partial charge in [0.15, 0.2) is 11.9 Å². The summed E-state index contributed by atoms with van der Waals surface area (Å²) in [6.45, 7) is 1.75. The molecular formula is C53H57CoN10-3. The fourth-order valence-corrected chi connectivity index (χ4v) is 9.53. The SMILES string of the molecule is CN=C(N(C)C)N(C)CCCc1cccc2c3cc4nc(cc5[n-]c(cc6nc(cc([n-]3)c12)-c1ccccc1-6)c1cccc(CCCN(C)C(=NC)N(C)C)c51)-c1ccccc1-4.[CH3-].[Co]. The Labute approximate surface area is 388 Å². The van der Waals surface area contributed by atoms with E-state index in [1.54, 1.807) is 0 Å². The van der Waals surface area contributed by atoms with Gasteiger partial charge in [0, 0.05) is 109 Å². The summed E-state index contributed by atoms with van der Waals surface area (Å²) in [6.07, 6.45) is 3.71. The predicted molar refractivity (Wildman–Crippen MR) is 265 cm³/mol. The standard InChI is InChI=1S/C52H54N10.CH3.Co/c1-53-51(59(3)4)61(7)27-15-19-33-17-13-25-39-45-29-41-36-22-10-12-24-38(36)44(56-41)32-48-50-34(20-16-28-62(8)52(54-2)60(5)6)18-14-26-40(50)46(58-48)30-42-35-21-9-11-23-37(35)43(55-42)31-47(57-45)49(33)39;;/h9-14,17-18,21-26,29-32H,15-16,19-20,27-28H2,1-8H3;1H3;/q-2;-1;. The van der Waals surface area contributed by atoms with Crippen LogP contribution >= 0.6 is 0 Å². The number of guanidine groups is 2. The van der Waals surface area contributed by atoms with Crippen molar-refractivity contribution in [3.05, 3.63) is 128 Å². The first-order chi connectivity index (χ1) is 30.1. The molecule has 5 heterocycles. The molecule has 331 valence electrons. The average Bonchev–Trinajstić information content (AvgIpc) is 4.00. The van der Waals surface area contributed by atoms with Gasteiger partial charge in [0.2, 0.25) is 0 Å². The molecule has 7 aromatic rings. The summed E-state index contributed by atoms with van der Waals surface area (Å²) in [7, 11) is 16.1. The van der Waals surface area contributed by atoms with Gasteiger partial charge in [-0.25, -0.2) is 9.97 Å². The normalized spacial score (nSPS) is 12.1. The van der Waals surface area contributed by atoms with Gasteiger partial charge < -0.3 is 37.0 Å². The van der Waals surface area contributed by atoms with Crippen LogP contribution in [0.25, 0.3) is 88.6 Å². The van der Waals surface area contributed by atoms with Crippen LogP contribution in [0, 0.1) is 7.43 Å². The first-order valence-electron chi connectivity index (χ1n) is 21.5. The number of hydrogen-bond donors (Lipinski definition) is 0. The summed E-state index contributed by atoms with van der Waals surface area (Å²) in [5, 5.41) is 4.55. The van der Waals surface area contributed by atoms with Gasteiger partial charge in [-0.15, -0.1) is 22.1 Å². The first-order valence-corrected chi connectivity index (χ1v) is 21.5. The van der Waals surface area contributed by atoms with Crippen LogP contribution in [0.15, 0.2) is 119 Å². The summed E-state index contributed by atoms with van der Waals surface area (Å²) in [5.74, 6) is 1.92. The number of fused-ring (bicyclic) bond motifs is 20. The van der Waals surface area contributed by atoms with Gasteiger partial charge >= 0.3 is 0 Å². The van der Waals surface area contributed by atoms with Crippen molar-refractivity contribution in [2.24, 2.45) is 9.98 Å². The van der Waals surface area contributed by atoms with E-state index in [4.69, 9.17) is 19.9 Å². The molecule has 2 aliphatic heterocycles. The molecular weight excluding hydrogens is 836 g/mol. The first kappa shape index (κ1) is 45.6. The summed E-state index contributed by atoms with van der Waals surface area (Å²) >= 11 is 0. The Morgan fingerprint density at radius 1 is 0.484 bits per heavy atom. The quantitative estimate of drug-likeness (QED) is 0.0847. The number of rotatable bonds is 8. The maximum atomic E-state index is 5.43. The Morgan fingerprint density at radius 2 is 0.828 bits per heavy atom. The molecule has 0 saturated heterocycles. The zero-order chi connectivity index (χ0) is 43.1. The smallest absolute Gasteiger partial charge is 0.195 e.